The molecule has 0 aliphatic rings. The molecular weight excluding hydrogens is 354 g/mol. The SMILES string of the molecule is Cc1cc(Nc2ccccc2Br)nc(NCc2ccncc2)n1. The Bertz CT molecular complexity index is 792. The molecule has 2 aromatic heterocycles. The summed E-state index contributed by atoms with van der Waals surface area (Å²) in [6, 6.07) is 13.8. The van der Waals surface area contributed by atoms with Gasteiger partial charge in [0.25, 0.3) is 0 Å². The first-order valence-corrected chi connectivity index (χ1v) is 8.00. The van der Waals surface area contributed by atoms with Crippen LogP contribution in [-0.4, -0.2) is 15.0 Å². The Hall–Kier alpha value is -2.47. The maximum Gasteiger partial charge on any atom is 0.225 e. The van der Waals surface area contributed by atoms with Crippen molar-refractivity contribution in [2.45, 2.75) is 13.5 Å². The van der Waals surface area contributed by atoms with Crippen LogP contribution in [0.5, 0.6) is 0 Å². The van der Waals surface area contributed by atoms with Crippen LogP contribution in [0.15, 0.2) is 59.3 Å². The molecule has 3 aromatic rings. The Morgan fingerprint density at radius 1 is 1.04 bits per heavy atom. The minimum absolute atomic E-state index is 0.594. The van der Waals surface area contributed by atoms with E-state index in [1.807, 2.05) is 49.4 Å². The summed E-state index contributed by atoms with van der Waals surface area (Å²) >= 11 is 3.52. The Kier molecular flexibility index (Phi) is 4.83. The van der Waals surface area contributed by atoms with Gasteiger partial charge in [-0.3, -0.25) is 4.98 Å². The van der Waals surface area contributed by atoms with E-state index >= 15 is 0 Å². The van der Waals surface area contributed by atoms with Gasteiger partial charge in [-0.05, 0) is 52.7 Å². The lowest BCUT2D eigenvalue weighted by atomic mass is 10.3. The van der Waals surface area contributed by atoms with E-state index in [4.69, 9.17) is 0 Å². The highest BCUT2D eigenvalue weighted by Crippen LogP contribution is 2.25. The summed E-state index contributed by atoms with van der Waals surface area (Å²) in [6.07, 6.45) is 3.54. The fourth-order valence-electron chi connectivity index (χ4n) is 2.09. The molecule has 6 heteroatoms. The maximum atomic E-state index is 4.52. The van der Waals surface area contributed by atoms with Crippen molar-refractivity contribution >= 4 is 33.4 Å². The maximum absolute atomic E-state index is 4.52. The zero-order valence-electron chi connectivity index (χ0n) is 12.6. The smallest absolute Gasteiger partial charge is 0.225 e. The normalized spacial score (nSPS) is 10.3. The molecule has 0 amide bonds. The molecule has 0 radical (unpaired) electrons. The van der Waals surface area contributed by atoms with E-state index in [9.17, 15) is 0 Å². The lowest BCUT2D eigenvalue weighted by Gasteiger charge is -2.11. The number of anilines is 3. The number of rotatable bonds is 5. The number of halogens is 1. The number of hydrogen-bond acceptors (Lipinski definition) is 5. The first-order valence-electron chi connectivity index (χ1n) is 7.21. The molecule has 2 N–H and O–H groups in total. The zero-order chi connectivity index (χ0) is 16.1. The molecule has 0 bridgehead atoms. The summed E-state index contributed by atoms with van der Waals surface area (Å²) in [5.41, 5.74) is 2.99. The van der Waals surface area contributed by atoms with Crippen LogP contribution in [0.2, 0.25) is 0 Å². The summed E-state index contributed by atoms with van der Waals surface area (Å²) in [6.45, 7) is 2.60. The summed E-state index contributed by atoms with van der Waals surface area (Å²) in [7, 11) is 0. The predicted molar refractivity (Wildman–Crippen MR) is 95.8 cm³/mol. The topological polar surface area (TPSA) is 62.7 Å². The van der Waals surface area contributed by atoms with Gasteiger partial charge in [0.15, 0.2) is 0 Å². The summed E-state index contributed by atoms with van der Waals surface area (Å²) in [5, 5.41) is 6.54. The second-order valence-electron chi connectivity index (χ2n) is 5.03. The lowest BCUT2D eigenvalue weighted by Crippen LogP contribution is -2.06. The standard InChI is InChI=1S/C17H16BrN5/c1-12-10-16(22-15-5-3-2-4-14(15)18)23-17(21-12)20-11-13-6-8-19-9-7-13/h2-10H,11H2,1H3,(H2,20,21,22,23). The minimum atomic E-state index is 0.594. The van der Waals surface area contributed by atoms with Gasteiger partial charge >= 0.3 is 0 Å². The van der Waals surface area contributed by atoms with Crippen molar-refractivity contribution in [1.82, 2.24) is 15.0 Å². The van der Waals surface area contributed by atoms with E-state index in [2.05, 4.69) is 41.5 Å². The van der Waals surface area contributed by atoms with Crippen molar-refractivity contribution in [1.29, 1.82) is 0 Å². The third-order valence-corrected chi connectivity index (χ3v) is 3.88. The Morgan fingerprint density at radius 3 is 2.61 bits per heavy atom. The van der Waals surface area contributed by atoms with Gasteiger partial charge in [0.1, 0.15) is 5.82 Å². The molecule has 5 nitrogen and oxygen atoms in total. The van der Waals surface area contributed by atoms with E-state index in [0.29, 0.717) is 12.5 Å². The number of aryl methyl sites for hydroxylation is 1. The Morgan fingerprint density at radius 2 is 1.83 bits per heavy atom. The molecular formula is C17H16BrN5. The molecule has 116 valence electrons. The third-order valence-electron chi connectivity index (χ3n) is 3.19. The fourth-order valence-corrected chi connectivity index (χ4v) is 2.48. The van der Waals surface area contributed by atoms with E-state index in [0.717, 1.165) is 27.2 Å². The van der Waals surface area contributed by atoms with Crippen molar-refractivity contribution in [3.8, 4) is 0 Å². The molecule has 2 heterocycles. The second-order valence-corrected chi connectivity index (χ2v) is 5.89. The van der Waals surface area contributed by atoms with Crippen LogP contribution in [0.4, 0.5) is 17.5 Å². The van der Waals surface area contributed by atoms with Crippen LogP contribution in [0.3, 0.4) is 0 Å². The van der Waals surface area contributed by atoms with Gasteiger partial charge in [0.05, 0.1) is 5.69 Å². The zero-order valence-corrected chi connectivity index (χ0v) is 14.2. The van der Waals surface area contributed by atoms with Gasteiger partial charge in [-0.2, -0.15) is 4.98 Å². The van der Waals surface area contributed by atoms with Crippen molar-refractivity contribution in [2.24, 2.45) is 0 Å². The molecule has 0 fully saturated rings. The molecule has 0 saturated heterocycles. The molecule has 0 saturated carbocycles. The molecule has 0 atom stereocenters. The Balaban J connectivity index is 1.75. The fraction of sp³-hybridized carbons (Fsp3) is 0.118. The van der Waals surface area contributed by atoms with Crippen molar-refractivity contribution in [3.63, 3.8) is 0 Å². The predicted octanol–water partition coefficient (Wildman–Crippen LogP) is 4.30. The summed E-state index contributed by atoms with van der Waals surface area (Å²) in [4.78, 5) is 12.9. The summed E-state index contributed by atoms with van der Waals surface area (Å²) < 4.78 is 0.988. The van der Waals surface area contributed by atoms with Crippen LogP contribution in [0.1, 0.15) is 11.3 Å². The Labute approximate surface area is 143 Å². The number of aromatic nitrogens is 3. The van der Waals surface area contributed by atoms with E-state index < -0.39 is 0 Å². The largest absolute Gasteiger partial charge is 0.350 e. The molecule has 23 heavy (non-hydrogen) atoms. The first-order chi connectivity index (χ1) is 11.2. The average Bonchev–Trinajstić information content (AvgIpc) is 2.56. The molecule has 1 aromatic carbocycles. The number of nitrogens with zero attached hydrogens (tertiary/aromatic N) is 3. The monoisotopic (exact) mass is 369 g/mol. The van der Waals surface area contributed by atoms with Crippen LogP contribution < -0.4 is 10.6 Å². The highest BCUT2D eigenvalue weighted by molar-refractivity contribution is 9.10. The number of hydrogen-bond donors (Lipinski definition) is 2. The average molecular weight is 370 g/mol. The van der Waals surface area contributed by atoms with Crippen molar-refractivity contribution in [3.05, 3.63) is 70.6 Å². The van der Waals surface area contributed by atoms with Crippen molar-refractivity contribution < 1.29 is 0 Å². The summed E-state index contributed by atoms with van der Waals surface area (Å²) in [5.74, 6) is 1.35. The molecule has 3 rings (SSSR count). The molecule has 0 aliphatic carbocycles. The highest BCUT2D eigenvalue weighted by atomic mass is 79.9. The number of para-hydroxylation sites is 1. The van der Waals surface area contributed by atoms with Gasteiger partial charge < -0.3 is 10.6 Å². The third kappa shape index (κ3) is 4.26. The van der Waals surface area contributed by atoms with Gasteiger partial charge in [0.2, 0.25) is 5.95 Å². The number of benzene rings is 1. The second kappa shape index (κ2) is 7.19. The van der Waals surface area contributed by atoms with Crippen LogP contribution in [0, 0.1) is 6.92 Å². The molecule has 0 aliphatic heterocycles. The van der Waals surface area contributed by atoms with Crippen LogP contribution in [-0.2, 0) is 6.54 Å². The van der Waals surface area contributed by atoms with Gasteiger partial charge in [-0.15, -0.1) is 0 Å². The first kappa shape index (κ1) is 15.4. The van der Waals surface area contributed by atoms with E-state index in [1.54, 1.807) is 12.4 Å². The van der Waals surface area contributed by atoms with Gasteiger partial charge in [-0.25, -0.2) is 4.98 Å². The van der Waals surface area contributed by atoms with E-state index in [-0.39, 0.29) is 0 Å². The van der Waals surface area contributed by atoms with Gasteiger partial charge in [-0.1, -0.05) is 12.1 Å². The number of nitrogens with one attached hydrogen (secondary N) is 2. The molecule has 0 unspecified atom stereocenters. The quantitative estimate of drug-likeness (QED) is 0.701. The van der Waals surface area contributed by atoms with Crippen molar-refractivity contribution in [2.75, 3.05) is 10.6 Å². The lowest BCUT2D eigenvalue weighted by molar-refractivity contribution is 1.03. The van der Waals surface area contributed by atoms with Crippen LogP contribution >= 0.6 is 15.9 Å². The van der Waals surface area contributed by atoms with E-state index in [1.165, 1.54) is 0 Å². The molecule has 0 spiro atoms. The minimum Gasteiger partial charge on any atom is -0.350 e. The number of pyridine rings is 1. The highest BCUT2D eigenvalue weighted by Gasteiger charge is 2.05. The van der Waals surface area contributed by atoms with Gasteiger partial charge in [0, 0.05) is 35.2 Å². The van der Waals surface area contributed by atoms with Crippen LogP contribution in [0.25, 0.3) is 0 Å².